The lowest BCUT2D eigenvalue weighted by Gasteiger charge is -2.30. The predicted molar refractivity (Wildman–Crippen MR) is 110 cm³/mol. The van der Waals surface area contributed by atoms with Gasteiger partial charge in [-0.25, -0.2) is 0 Å². The zero-order chi connectivity index (χ0) is 21.0. The quantitative estimate of drug-likeness (QED) is 0.675. The maximum atomic E-state index is 12.5. The van der Waals surface area contributed by atoms with Gasteiger partial charge in [-0.1, -0.05) is 12.1 Å². The molecule has 0 fully saturated rings. The summed E-state index contributed by atoms with van der Waals surface area (Å²) in [5.41, 5.74) is 2.46. The summed E-state index contributed by atoms with van der Waals surface area (Å²) in [6, 6.07) is 12.3. The maximum Gasteiger partial charge on any atom is 0.265 e. The van der Waals surface area contributed by atoms with E-state index in [2.05, 4.69) is 5.32 Å². The maximum absolute atomic E-state index is 12.5. The monoisotopic (exact) mass is 396 g/mol. The largest absolute Gasteiger partial charge is 0.482 e. The van der Waals surface area contributed by atoms with Crippen LogP contribution in [0.2, 0.25) is 0 Å². The molecule has 2 aromatic rings. The van der Waals surface area contributed by atoms with E-state index < -0.39 is 0 Å². The molecule has 7 heteroatoms. The number of hydrogen-bond donors (Lipinski definition) is 2. The van der Waals surface area contributed by atoms with E-state index in [0.717, 1.165) is 12.1 Å². The Morgan fingerprint density at radius 3 is 2.66 bits per heavy atom. The summed E-state index contributed by atoms with van der Waals surface area (Å²) >= 11 is 0. The first kappa shape index (κ1) is 20.5. The van der Waals surface area contributed by atoms with Crippen LogP contribution in [0.25, 0.3) is 0 Å². The summed E-state index contributed by atoms with van der Waals surface area (Å²) in [6.45, 7) is 3.15. The Labute approximate surface area is 170 Å². The lowest BCUT2D eigenvalue weighted by atomic mass is 10.1. The second kappa shape index (κ2) is 8.87. The molecule has 2 amide bonds. The van der Waals surface area contributed by atoms with Crippen molar-refractivity contribution >= 4 is 23.3 Å². The van der Waals surface area contributed by atoms with E-state index >= 15 is 0 Å². The van der Waals surface area contributed by atoms with E-state index in [1.165, 1.54) is 11.8 Å². The number of anilines is 1. The number of nitrogens with zero attached hydrogens (tertiary/aromatic N) is 1. The second-order valence-electron chi connectivity index (χ2n) is 7.42. The van der Waals surface area contributed by atoms with Crippen molar-refractivity contribution in [2.75, 3.05) is 38.7 Å². The molecule has 0 aliphatic carbocycles. The second-order valence-corrected chi connectivity index (χ2v) is 7.42. The van der Waals surface area contributed by atoms with Crippen molar-refractivity contribution in [1.82, 2.24) is 5.32 Å². The van der Waals surface area contributed by atoms with Gasteiger partial charge in [-0.05, 0) is 42.8 Å². The van der Waals surface area contributed by atoms with Crippen LogP contribution in [0.3, 0.4) is 0 Å². The van der Waals surface area contributed by atoms with Crippen LogP contribution < -0.4 is 19.9 Å². The molecule has 0 aromatic heterocycles. The summed E-state index contributed by atoms with van der Waals surface area (Å²) in [7, 11) is 4.06. The van der Waals surface area contributed by atoms with Gasteiger partial charge in [0.15, 0.2) is 12.4 Å². The Bertz CT molecular complexity index is 939. The van der Waals surface area contributed by atoms with Gasteiger partial charge < -0.3 is 19.9 Å². The first-order valence-electron chi connectivity index (χ1n) is 9.59. The normalized spacial score (nSPS) is 13.1. The molecule has 1 aliphatic rings. The molecule has 1 aliphatic heterocycles. The number of hydrogen-bond acceptors (Lipinski definition) is 4. The van der Waals surface area contributed by atoms with Crippen molar-refractivity contribution in [2.45, 2.75) is 13.5 Å². The number of Topliss-reactive ketones (excluding diaryl/α,β-unsaturated/α-hetero) is 1. The van der Waals surface area contributed by atoms with E-state index in [9.17, 15) is 14.4 Å². The van der Waals surface area contributed by atoms with E-state index in [0.29, 0.717) is 35.7 Å². The Kier molecular flexibility index (Phi) is 6.29. The van der Waals surface area contributed by atoms with Crippen LogP contribution in [0.4, 0.5) is 5.69 Å². The Morgan fingerprint density at radius 1 is 1.14 bits per heavy atom. The minimum absolute atomic E-state index is 0.0561. The minimum atomic E-state index is -0.193. The summed E-state index contributed by atoms with van der Waals surface area (Å²) in [5, 5.41) is 2.91. The molecule has 1 heterocycles. The highest BCUT2D eigenvalue weighted by molar-refractivity contribution is 6.01. The SMILES string of the molecule is CC(=O)c1ccc2c(c1)N(Cc1cccc(C(=O)NCC[NH+](C)C)c1)C(=O)CO2. The molecule has 0 unspecified atom stereocenters. The molecule has 29 heavy (non-hydrogen) atoms. The van der Waals surface area contributed by atoms with Gasteiger partial charge in [-0.15, -0.1) is 0 Å². The average Bonchev–Trinajstić information content (AvgIpc) is 2.69. The Balaban J connectivity index is 1.80. The fraction of sp³-hybridized carbons (Fsp3) is 0.318. The minimum Gasteiger partial charge on any atom is -0.482 e. The number of carbonyl (C=O) groups is 3. The fourth-order valence-electron chi connectivity index (χ4n) is 3.12. The van der Waals surface area contributed by atoms with Gasteiger partial charge in [-0.3, -0.25) is 14.4 Å². The highest BCUT2D eigenvalue weighted by Gasteiger charge is 2.26. The number of quaternary nitrogens is 1. The Morgan fingerprint density at radius 2 is 1.93 bits per heavy atom. The standard InChI is InChI=1S/C22H25N3O4/c1-15(26)17-7-8-20-19(12-17)25(21(27)14-29-20)13-16-5-4-6-18(11-16)22(28)23-9-10-24(2)3/h4-8,11-12H,9-10,13-14H2,1-3H3,(H,23,28)/p+1. The zero-order valence-electron chi connectivity index (χ0n) is 17.0. The molecule has 0 bridgehead atoms. The molecule has 152 valence electrons. The van der Waals surface area contributed by atoms with Crippen LogP contribution in [0.15, 0.2) is 42.5 Å². The van der Waals surface area contributed by atoms with Gasteiger partial charge in [0.2, 0.25) is 0 Å². The predicted octanol–water partition coefficient (Wildman–Crippen LogP) is 0.689. The molecule has 0 saturated heterocycles. The van der Waals surface area contributed by atoms with Gasteiger partial charge in [0.05, 0.1) is 39.4 Å². The third-order valence-electron chi connectivity index (χ3n) is 4.75. The van der Waals surface area contributed by atoms with Crippen LogP contribution in [0.1, 0.15) is 33.2 Å². The van der Waals surface area contributed by atoms with E-state index in [1.807, 2.05) is 20.2 Å². The number of ether oxygens (including phenoxy) is 1. The zero-order valence-corrected chi connectivity index (χ0v) is 17.0. The molecule has 0 spiro atoms. The number of carbonyl (C=O) groups excluding carboxylic acids is 3. The molecular formula is C22H26N3O4+. The highest BCUT2D eigenvalue weighted by atomic mass is 16.5. The summed E-state index contributed by atoms with van der Waals surface area (Å²) in [6.07, 6.45) is 0. The number of benzene rings is 2. The number of ketones is 1. The van der Waals surface area contributed by atoms with Crippen molar-refractivity contribution in [3.63, 3.8) is 0 Å². The Hall–Kier alpha value is -3.19. The van der Waals surface area contributed by atoms with Crippen molar-refractivity contribution < 1.29 is 24.0 Å². The number of rotatable bonds is 7. The molecule has 3 rings (SSSR count). The summed E-state index contributed by atoms with van der Waals surface area (Å²) < 4.78 is 5.50. The van der Waals surface area contributed by atoms with Crippen LogP contribution in [0.5, 0.6) is 5.75 Å². The third kappa shape index (κ3) is 5.00. The summed E-state index contributed by atoms with van der Waals surface area (Å²) in [5.74, 6) is 0.154. The molecule has 0 saturated carbocycles. The third-order valence-corrected chi connectivity index (χ3v) is 4.75. The molecule has 2 N–H and O–H groups in total. The van der Waals surface area contributed by atoms with Crippen LogP contribution in [-0.4, -0.2) is 51.4 Å². The topological polar surface area (TPSA) is 80.2 Å². The average molecular weight is 396 g/mol. The fourth-order valence-corrected chi connectivity index (χ4v) is 3.12. The van der Waals surface area contributed by atoms with Gasteiger partial charge in [0.25, 0.3) is 11.8 Å². The van der Waals surface area contributed by atoms with E-state index in [-0.39, 0.29) is 24.2 Å². The molecule has 7 nitrogen and oxygen atoms in total. The number of amides is 2. The smallest absolute Gasteiger partial charge is 0.265 e. The molecule has 0 radical (unpaired) electrons. The van der Waals surface area contributed by atoms with Crippen molar-refractivity contribution in [2.24, 2.45) is 0 Å². The lowest BCUT2D eigenvalue weighted by Crippen LogP contribution is -3.06. The summed E-state index contributed by atoms with van der Waals surface area (Å²) in [4.78, 5) is 39.5. The van der Waals surface area contributed by atoms with Crippen LogP contribution in [-0.2, 0) is 11.3 Å². The number of likely N-dealkylation sites (N-methyl/N-ethyl adjacent to an activating group) is 1. The van der Waals surface area contributed by atoms with Crippen LogP contribution >= 0.6 is 0 Å². The first-order chi connectivity index (χ1) is 13.8. The number of nitrogens with one attached hydrogen (secondary N) is 2. The van der Waals surface area contributed by atoms with Gasteiger partial charge in [0, 0.05) is 11.1 Å². The van der Waals surface area contributed by atoms with E-state index in [4.69, 9.17) is 4.74 Å². The van der Waals surface area contributed by atoms with Gasteiger partial charge in [-0.2, -0.15) is 0 Å². The van der Waals surface area contributed by atoms with Crippen molar-refractivity contribution in [3.8, 4) is 5.75 Å². The molecule has 0 atom stereocenters. The van der Waals surface area contributed by atoms with Gasteiger partial charge in [0.1, 0.15) is 5.75 Å². The van der Waals surface area contributed by atoms with Crippen molar-refractivity contribution in [1.29, 1.82) is 0 Å². The number of fused-ring (bicyclic) bond motifs is 1. The highest BCUT2D eigenvalue weighted by Crippen LogP contribution is 2.34. The molecule has 2 aromatic carbocycles. The van der Waals surface area contributed by atoms with E-state index in [1.54, 1.807) is 41.3 Å². The molecular weight excluding hydrogens is 370 g/mol. The lowest BCUT2D eigenvalue weighted by molar-refractivity contribution is -0.856. The van der Waals surface area contributed by atoms with Crippen LogP contribution in [0, 0.1) is 0 Å². The van der Waals surface area contributed by atoms with Crippen molar-refractivity contribution in [3.05, 3.63) is 59.2 Å². The van der Waals surface area contributed by atoms with Gasteiger partial charge >= 0.3 is 0 Å². The first-order valence-corrected chi connectivity index (χ1v) is 9.59.